The molecule has 0 aromatic rings. The van der Waals surface area contributed by atoms with E-state index < -0.39 is 11.0 Å². The molecule has 0 fully saturated rings. The Bertz CT molecular complexity index is 89.2. The van der Waals surface area contributed by atoms with Crippen LogP contribution in [0.5, 0.6) is 0 Å². The molecule has 0 aliphatic rings. The third kappa shape index (κ3) is 1400. The van der Waals surface area contributed by atoms with Gasteiger partial charge in [0, 0.05) is 11.0 Å². The van der Waals surface area contributed by atoms with Gasteiger partial charge in [-0.05, 0) is 5.92 Å². The molecule has 0 heterocycles. The van der Waals surface area contributed by atoms with Crippen molar-refractivity contribution >= 4 is 11.0 Å². The van der Waals surface area contributed by atoms with Crippen LogP contribution in [0.4, 0.5) is 0 Å². The summed E-state index contributed by atoms with van der Waals surface area (Å²) in [6.07, 6.45) is 0. The van der Waals surface area contributed by atoms with Gasteiger partial charge in [-0.15, -0.1) is 0 Å². The van der Waals surface area contributed by atoms with Crippen LogP contribution in [0.2, 0.25) is 0 Å². The SMILES string of the molecule is O=[S-](=O)O.[CH2]C(C)C.[Li+]. The van der Waals surface area contributed by atoms with Crippen molar-refractivity contribution < 1.29 is 31.8 Å². The fourth-order valence-corrected chi connectivity index (χ4v) is 0. The van der Waals surface area contributed by atoms with Crippen LogP contribution in [0, 0.1) is 12.8 Å². The Morgan fingerprint density at radius 2 is 1.44 bits per heavy atom. The number of hydrogen-bond acceptors (Lipinski definition) is 3. The van der Waals surface area contributed by atoms with E-state index in [1.54, 1.807) is 0 Å². The van der Waals surface area contributed by atoms with E-state index in [2.05, 4.69) is 20.8 Å². The molecule has 0 unspecified atom stereocenters. The zero-order valence-corrected chi connectivity index (χ0v) is 6.77. The standard InChI is InChI=1S/C4H9.Li.HO3S/c1-4(2)3;;1-4(2)3/h4H,1H2,2-3H3;;(H,1,2,3)/q;+1;-1. The Balaban J connectivity index is -0.0000000720. The molecule has 0 spiro atoms. The smallest absolute Gasteiger partial charge is 0.439 e. The molecule has 0 aromatic heterocycles. The Morgan fingerprint density at radius 1 is 1.44 bits per heavy atom. The predicted octanol–water partition coefficient (Wildman–Crippen LogP) is -1.75. The molecule has 1 radical (unpaired) electrons. The number of rotatable bonds is 0. The molecule has 0 amide bonds. The second-order valence-electron chi connectivity index (χ2n) is 1.61. The van der Waals surface area contributed by atoms with E-state index in [4.69, 9.17) is 13.0 Å². The fraction of sp³-hybridized carbons (Fsp3) is 0.750. The maximum Gasteiger partial charge on any atom is 1.00 e. The van der Waals surface area contributed by atoms with Crippen molar-refractivity contribution in [2.75, 3.05) is 0 Å². The van der Waals surface area contributed by atoms with Crippen molar-refractivity contribution in [3.05, 3.63) is 6.92 Å². The molecule has 0 bridgehead atoms. The summed E-state index contributed by atoms with van der Waals surface area (Å²) in [5, 5.41) is 0. The second kappa shape index (κ2) is 11.3. The summed E-state index contributed by atoms with van der Waals surface area (Å²) in [6.45, 7) is 7.75. The van der Waals surface area contributed by atoms with E-state index in [1.165, 1.54) is 0 Å². The van der Waals surface area contributed by atoms with Crippen LogP contribution in [0.25, 0.3) is 0 Å². The zero-order chi connectivity index (χ0) is 7.15. The molecule has 0 rings (SSSR count). The van der Waals surface area contributed by atoms with Crippen LogP contribution in [0.15, 0.2) is 0 Å². The predicted molar refractivity (Wildman–Crippen MR) is 31.6 cm³/mol. The summed E-state index contributed by atoms with van der Waals surface area (Å²) in [5.41, 5.74) is 0. The minimum atomic E-state index is -2.86. The molecule has 0 aromatic carbocycles. The van der Waals surface area contributed by atoms with Gasteiger partial charge in [0.2, 0.25) is 0 Å². The van der Waals surface area contributed by atoms with Gasteiger partial charge < -0.3 is 13.0 Å². The van der Waals surface area contributed by atoms with Crippen molar-refractivity contribution in [3.63, 3.8) is 0 Å². The molecule has 0 aliphatic carbocycles. The zero-order valence-electron chi connectivity index (χ0n) is 5.96. The number of hydrogen-bond donors (Lipinski definition) is 1. The van der Waals surface area contributed by atoms with Crippen LogP contribution in [-0.4, -0.2) is 4.55 Å². The van der Waals surface area contributed by atoms with Gasteiger partial charge in [-0.3, -0.25) is 0 Å². The Morgan fingerprint density at radius 3 is 1.44 bits per heavy atom. The summed E-state index contributed by atoms with van der Waals surface area (Å²) in [6, 6.07) is 0. The first kappa shape index (κ1) is 16.2. The molecule has 9 heavy (non-hydrogen) atoms. The first-order chi connectivity index (χ1) is 3.46. The summed E-state index contributed by atoms with van der Waals surface area (Å²) >= 11 is 0. The van der Waals surface area contributed by atoms with Gasteiger partial charge in [0.25, 0.3) is 0 Å². The third-order valence-electron chi connectivity index (χ3n) is 0. The summed E-state index contributed by atoms with van der Waals surface area (Å²) in [7, 11) is -2.86. The molecule has 3 nitrogen and oxygen atoms in total. The van der Waals surface area contributed by atoms with Crippen LogP contribution in [0.3, 0.4) is 0 Å². The maximum atomic E-state index is 8.56. The maximum absolute atomic E-state index is 8.56. The van der Waals surface area contributed by atoms with Gasteiger partial charge in [0.15, 0.2) is 0 Å². The molecule has 0 atom stereocenters. The molecular formula is C4H10LiO3S. The Hall–Kier alpha value is 0.507. The summed E-state index contributed by atoms with van der Waals surface area (Å²) < 4.78 is 24.1. The van der Waals surface area contributed by atoms with Gasteiger partial charge in [-0.1, -0.05) is 20.8 Å². The fourth-order valence-electron chi connectivity index (χ4n) is 0. The normalized spacial score (nSPS) is 7.78. The van der Waals surface area contributed by atoms with Crippen LogP contribution in [-0.2, 0) is 19.4 Å². The quantitative estimate of drug-likeness (QED) is 0.190. The Labute approximate surface area is 69.8 Å². The van der Waals surface area contributed by atoms with Gasteiger partial charge in [0.1, 0.15) is 0 Å². The molecule has 1 N–H and O–H groups in total. The van der Waals surface area contributed by atoms with Gasteiger partial charge in [-0.25, -0.2) is 0 Å². The molecule has 0 aliphatic heterocycles. The molecule has 51 valence electrons. The van der Waals surface area contributed by atoms with Gasteiger partial charge >= 0.3 is 18.9 Å². The van der Waals surface area contributed by atoms with Crippen LogP contribution >= 0.6 is 0 Å². The van der Waals surface area contributed by atoms with E-state index in [0.29, 0.717) is 5.92 Å². The molecule has 0 saturated carbocycles. The third-order valence-corrected chi connectivity index (χ3v) is 0. The molecular weight excluding hydrogens is 135 g/mol. The monoisotopic (exact) mass is 145 g/mol. The van der Waals surface area contributed by atoms with E-state index >= 15 is 0 Å². The average Bonchev–Trinajstić information content (AvgIpc) is 1.25. The van der Waals surface area contributed by atoms with Gasteiger partial charge in [-0.2, -0.15) is 0 Å². The minimum Gasteiger partial charge on any atom is -0.439 e. The topological polar surface area (TPSA) is 54.4 Å². The largest absolute Gasteiger partial charge is 1.00 e. The molecule has 0 saturated heterocycles. The first-order valence-corrected chi connectivity index (χ1v) is 3.11. The first-order valence-electron chi connectivity index (χ1n) is 2.08. The van der Waals surface area contributed by atoms with E-state index in [0.717, 1.165) is 0 Å². The average molecular weight is 145 g/mol. The van der Waals surface area contributed by atoms with E-state index in [9.17, 15) is 0 Å². The molecule has 5 heteroatoms. The van der Waals surface area contributed by atoms with Crippen molar-refractivity contribution in [1.82, 2.24) is 0 Å². The van der Waals surface area contributed by atoms with Crippen LogP contribution in [0.1, 0.15) is 13.8 Å². The van der Waals surface area contributed by atoms with Crippen molar-refractivity contribution in [3.8, 4) is 0 Å². The van der Waals surface area contributed by atoms with Crippen LogP contribution < -0.4 is 18.9 Å². The van der Waals surface area contributed by atoms with Crippen molar-refractivity contribution in [2.24, 2.45) is 5.92 Å². The van der Waals surface area contributed by atoms with Crippen molar-refractivity contribution in [1.29, 1.82) is 0 Å². The Kier molecular flexibility index (Phi) is 20.4. The van der Waals surface area contributed by atoms with Gasteiger partial charge in [0.05, 0.1) is 0 Å². The van der Waals surface area contributed by atoms with Crippen molar-refractivity contribution in [2.45, 2.75) is 13.8 Å². The second-order valence-corrected chi connectivity index (χ2v) is 2.05. The van der Waals surface area contributed by atoms with E-state index in [-0.39, 0.29) is 18.9 Å². The summed E-state index contributed by atoms with van der Waals surface area (Å²) in [5.74, 6) is 0.583. The summed E-state index contributed by atoms with van der Waals surface area (Å²) in [4.78, 5) is 0. The van der Waals surface area contributed by atoms with E-state index in [1.807, 2.05) is 0 Å². The minimum absolute atomic E-state index is 0.